The maximum absolute atomic E-state index is 13.5. The van der Waals surface area contributed by atoms with Gasteiger partial charge in [0.25, 0.3) is 0 Å². The molecule has 0 saturated carbocycles. The number of thioether (sulfide) groups is 1. The summed E-state index contributed by atoms with van der Waals surface area (Å²) in [6.45, 7) is 1.95. The molecule has 40 heavy (non-hydrogen) atoms. The third-order valence-corrected chi connectivity index (χ3v) is 9.02. The van der Waals surface area contributed by atoms with Crippen molar-refractivity contribution < 1.29 is 12.8 Å². The van der Waals surface area contributed by atoms with Crippen molar-refractivity contribution in [2.24, 2.45) is 0 Å². The van der Waals surface area contributed by atoms with Crippen LogP contribution in [0.1, 0.15) is 28.6 Å². The maximum Gasteiger partial charge on any atom is 0.241 e. The number of rotatable bonds is 10. The fourth-order valence-corrected chi connectivity index (χ4v) is 6.54. The number of halogens is 2. The molecule has 1 unspecified atom stereocenters. The first-order chi connectivity index (χ1) is 19.3. The second kappa shape index (κ2) is 12.3. The van der Waals surface area contributed by atoms with Crippen LogP contribution in [0.15, 0.2) is 113 Å². The summed E-state index contributed by atoms with van der Waals surface area (Å²) in [4.78, 5) is -0.0457. The van der Waals surface area contributed by atoms with Gasteiger partial charge in [0.2, 0.25) is 10.0 Å². The lowest BCUT2D eigenvalue weighted by Gasteiger charge is -2.21. The average molecular weight is 593 g/mol. The van der Waals surface area contributed by atoms with E-state index >= 15 is 0 Å². The van der Waals surface area contributed by atoms with E-state index < -0.39 is 21.9 Å². The van der Waals surface area contributed by atoms with Gasteiger partial charge in [-0.3, -0.25) is 4.57 Å². The van der Waals surface area contributed by atoms with Crippen molar-refractivity contribution in [3.05, 3.63) is 136 Å². The highest BCUT2D eigenvalue weighted by Gasteiger charge is 2.29. The molecule has 0 fully saturated rings. The van der Waals surface area contributed by atoms with E-state index in [-0.39, 0.29) is 4.90 Å². The number of sulfonamides is 1. The topological polar surface area (TPSA) is 76.9 Å². The number of hydrogen-bond donors (Lipinski definition) is 1. The first kappa shape index (κ1) is 28.0. The summed E-state index contributed by atoms with van der Waals surface area (Å²) in [6.07, 6.45) is 0.308. The van der Waals surface area contributed by atoms with Crippen LogP contribution in [0.25, 0.3) is 5.69 Å². The van der Waals surface area contributed by atoms with Crippen molar-refractivity contribution in [1.82, 2.24) is 19.5 Å². The molecule has 0 aliphatic carbocycles. The zero-order valence-electron chi connectivity index (χ0n) is 21.5. The molecule has 10 heteroatoms. The van der Waals surface area contributed by atoms with E-state index in [2.05, 4.69) is 14.9 Å². The number of nitrogens with zero attached hydrogens (tertiary/aromatic N) is 3. The molecule has 0 saturated heterocycles. The molecule has 1 N–H and O–H groups in total. The van der Waals surface area contributed by atoms with E-state index in [1.54, 1.807) is 6.07 Å². The third-order valence-electron chi connectivity index (χ3n) is 6.30. The van der Waals surface area contributed by atoms with Gasteiger partial charge in [0.05, 0.1) is 16.6 Å². The molecule has 0 aliphatic rings. The molecule has 5 aromatic rings. The highest BCUT2D eigenvalue weighted by atomic mass is 35.5. The van der Waals surface area contributed by atoms with Crippen molar-refractivity contribution in [2.75, 3.05) is 0 Å². The van der Waals surface area contributed by atoms with Gasteiger partial charge in [-0.1, -0.05) is 90.1 Å². The predicted molar refractivity (Wildman–Crippen MR) is 157 cm³/mol. The highest BCUT2D eigenvalue weighted by molar-refractivity contribution is 7.98. The van der Waals surface area contributed by atoms with Crippen molar-refractivity contribution in [2.45, 2.75) is 35.2 Å². The molecule has 1 heterocycles. The molecule has 1 atom stereocenters. The molecular formula is C30H26ClFN4O2S2. The van der Waals surface area contributed by atoms with E-state index in [0.717, 1.165) is 34.5 Å². The largest absolute Gasteiger partial charge is 0.272 e. The summed E-state index contributed by atoms with van der Waals surface area (Å²) < 4.78 is 45.2. The first-order valence-electron chi connectivity index (χ1n) is 12.5. The average Bonchev–Trinajstić information content (AvgIpc) is 3.38. The first-order valence-corrected chi connectivity index (χ1v) is 15.4. The van der Waals surface area contributed by atoms with Crippen molar-refractivity contribution >= 4 is 33.4 Å². The number of nitrogens with one attached hydrogen (secondary N) is 1. The quantitative estimate of drug-likeness (QED) is 0.178. The van der Waals surface area contributed by atoms with Crippen LogP contribution in [-0.4, -0.2) is 23.2 Å². The summed E-state index contributed by atoms with van der Waals surface area (Å²) in [5.41, 5.74) is 3.70. The van der Waals surface area contributed by atoms with Crippen LogP contribution < -0.4 is 4.72 Å². The Bertz CT molecular complexity index is 1700. The lowest BCUT2D eigenvalue weighted by Crippen LogP contribution is -2.32. The summed E-state index contributed by atoms with van der Waals surface area (Å²) in [7, 11) is -4.04. The van der Waals surface area contributed by atoms with Crippen molar-refractivity contribution in [3.8, 4) is 5.69 Å². The molecule has 0 aliphatic heterocycles. The molecule has 204 valence electrons. The van der Waals surface area contributed by atoms with Gasteiger partial charge in [-0.15, -0.1) is 10.2 Å². The number of benzene rings is 4. The fraction of sp³-hybridized carbons (Fsp3) is 0.133. The second-order valence-corrected chi connectivity index (χ2v) is 12.3. The Kier molecular flexibility index (Phi) is 8.66. The Morgan fingerprint density at radius 1 is 0.900 bits per heavy atom. The van der Waals surface area contributed by atoms with Crippen LogP contribution in [0.5, 0.6) is 0 Å². The molecule has 5 rings (SSSR count). The van der Waals surface area contributed by atoms with Crippen LogP contribution in [0.3, 0.4) is 0 Å². The van der Waals surface area contributed by atoms with Crippen LogP contribution in [-0.2, 0) is 22.2 Å². The van der Waals surface area contributed by atoms with Crippen molar-refractivity contribution in [3.63, 3.8) is 0 Å². The summed E-state index contributed by atoms with van der Waals surface area (Å²) in [5, 5.41) is 10.2. The van der Waals surface area contributed by atoms with Crippen LogP contribution in [0.2, 0.25) is 5.02 Å². The van der Waals surface area contributed by atoms with Crippen LogP contribution >= 0.6 is 23.4 Å². The lowest BCUT2D eigenvalue weighted by atomic mass is 10.1. The highest BCUT2D eigenvalue weighted by Crippen LogP contribution is 2.32. The maximum atomic E-state index is 13.5. The third kappa shape index (κ3) is 6.62. The fourth-order valence-electron chi connectivity index (χ4n) is 4.28. The Morgan fingerprint density at radius 3 is 2.23 bits per heavy atom. The molecule has 0 bridgehead atoms. The zero-order chi connectivity index (χ0) is 28.1. The Morgan fingerprint density at radius 2 is 1.55 bits per heavy atom. The van der Waals surface area contributed by atoms with Crippen LogP contribution in [0, 0.1) is 12.7 Å². The van der Waals surface area contributed by atoms with Gasteiger partial charge < -0.3 is 0 Å². The van der Waals surface area contributed by atoms with Gasteiger partial charge in [0.15, 0.2) is 11.0 Å². The lowest BCUT2D eigenvalue weighted by molar-refractivity contribution is 0.537. The predicted octanol–water partition coefficient (Wildman–Crippen LogP) is 6.92. The number of aryl methyl sites for hydroxylation is 1. The second-order valence-electron chi connectivity index (χ2n) is 9.20. The number of aromatic nitrogens is 3. The Hall–Kier alpha value is -3.50. The summed E-state index contributed by atoms with van der Waals surface area (Å²) >= 11 is 7.91. The molecular weight excluding hydrogens is 567 g/mol. The molecule has 0 radical (unpaired) electrons. The zero-order valence-corrected chi connectivity index (χ0v) is 23.9. The molecule has 1 aromatic heterocycles. The molecule has 0 spiro atoms. The standard InChI is InChI=1S/C30H26ClFN4O2S2/c1-21-12-13-24(31)19-28(21)36-29(33-34-30(36)39-20-23-10-6-3-7-11-23)27(18-22-8-4-2-5-9-22)35-40(37,38)26-16-14-25(32)15-17-26/h2-17,19,27,35H,18,20H2,1H3. The van der Waals surface area contributed by atoms with E-state index in [4.69, 9.17) is 11.6 Å². The van der Waals surface area contributed by atoms with Gasteiger partial charge in [-0.2, -0.15) is 0 Å². The molecule has 4 aromatic carbocycles. The van der Waals surface area contributed by atoms with Gasteiger partial charge in [0.1, 0.15) is 5.82 Å². The Labute approximate surface area is 242 Å². The normalized spacial score (nSPS) is 12.4. The Balaban J connectivity index is 1.61. The number of hydrogen-bond acceptors (Lipinski definition) is 5. The van der Waals surface area contributed by atoms with Crippen molar-refractivity contribution in [1.29, 1.82) is 0 Å². The van der Waals surface area contributed by atoms with Gasteiger partial charge >= 0.3 is 0 Å². The molecule has 0 amide bonds. The molecule has 6 nitrogen and oxygen atoms in total. The monoisotopic (exact) mass is 592 g/mol. The minimum atomic E-state index is -4.04. The van der Waals surface area contributed by atoms with E-state index in [9.17, 15) is 12.8 Å². The SMILES string of the molecule is Cc1ccc(Cl)cc1-n1c(SCc2ccccc2)nnc1C(Cc1ccccc1)NS(=O)(=O)c1ccc(F)cc1. The van der Waals surface area contributed by atoms with Crippen LogP contribution in [0.4, 0.5) is 4.39 Å². The van der Waals surface area contributed by atoms with E-state index in [1.165, 1.54) is 23.9 Å². The van der Waals surface area contributed by atoms with E-state index in [0.29, 0.717) is 28.2 Å². The minimum absolute atomic E-state index is 0.0457. The summed E-state index contributed by atoms with van der Waals surface area (Å²) in [5.74, 6) is 0.537. The smallest absolute Gasteiger partial charge is 0.241 e. The van der Waals surface area contributed by atoms with Gasteiger partial charge in [0, 0.05) is 10.8 Å². The minimum Gasteiger partial charge on any atom is -0.272 e. The van der Waals surface area contributed by atoms with Gasteiger partial charge in [-0.05, 0) is 66.4 Å². The van der Waals surface area contributed by atoms with Gasteiger partial charge in [-0.25, -0.2) is 17.5 Å². The summed E-state index contributed by atoms with van der Waals surface area (Å²) in [6, 6.07) is 29.0. The van der Waals surface area contributed by atoms with E-state index in [1.807, 2.05) is 84.3 Å².